The number of aromatic nitrogens is 1. The molecular weight excluding hydrogens is 292 g/mol. The van der Waals surface area contributed by atoms with Crippen LogP contribution in [-0.2, 0) is 19.5 Å². The van der Waals surface area contributed by atoms with E-state index in [2.05, 4.69) is 9.72 Å². The van der Waals surface area contributed by atoms with Crippen LogP contribution in [0.25, 0.3) is 0 Å². The quantitative estimate of drug-likeness (QED) is 0.541. The molecule has 1 aromatic heterocycles. The minimum atomic E-state index is -3.75. The molecule has 7 nitrogen and oxygen atoms in total. The first-order valence-electron chi connectivity index (χ1n) is 5.51. The maximum atomic E-state index is 12.3. The number of hydrogen-bond acceptors (Lipinski definition) is 7. The molecule has 19 heavy (non-hydrogen) atoms. The summed E-state index contributed by atoms with van der Waals surface area (Å²) in [4.78, 5) is 15.2. The van der Waals surface area contributed by atoms with Crippen molar-refractivity contribution in [1.82, 2.24) is 9.29 Å². The Morgan fingerprint density at radius 1 is 1.53 bits per heavy atom. The average molecular weight is 308 g/mol. The molecule has 108 valence electrons. The fourth-order valence-electron chi connectivity index (χ4n) is 1.25. The third kappa shape index (κ3) is 3.72. The van der Waals surface area contributed by atoms with E-state index in [1.165, 1.54) is 19.7 Å². The monoisotopic (exact) mass is 308 g/mol. The van der Waals surface area contributed by atoms with Gasteiger partial charge in [0, 0.05) is 20.2 Å². The van der Waals surface area contributed by atoms with E-state index >= 15 is 0 Å². The fraction of sp³-hybridized carbons (Fsp3) is 0.600. The molecule has 0 aliphatic rings. The molecule has 0 saturated heterocycles. The fourth-order valence-corrected chi connectivity index (χ4v) is 3.73. The van der Waals surface area contributed by atoms with Gasteiger partial charge < -0.3 is 9.47 Å². The van der Waals surface area contributed by atoms with Crippen LogP contribution in [-0.4, -0.2) is 57.6 Å². The number of carbonyl (C=O) groups excluding carboxylic acids is 1. The van der Waals surface area contributed by atoms with Crippen molar-refractivity contribution in [3.63, 3.8) is 0 Å². The Morgan fingerprint density at radius 2 is 2.21 bits per heavy atom. The average Bonchev–Trinajstić information content (AvgIpc) is 2.87. The first kappa shape index (κ1) is 16.0. The molecule has 9 heteroatoms. The van der Waals surface area contributed by atoms with Gasteiger partial charge in [-0.25, -0.2) is 18.2 Å². The number of rotatable bonds is 7. The lowest BCUT2D eigenvalue weighted by molar-refractivity contribution is 0.0590. The van der Waals surface area contributed by atoms with Gasteiger partial charge in [0.1, 0.15) is 0 Å². The Balaban J connectivity index is 2.94. The smallest absolute Gasteiger partial charge is 0.358 e. The van der Waals surface area contributed by atoms with Crippen LogP contribution >= 0.6 is 11.3 Å². The predicted octanol–water partition coefficient (Wildman–Crippen LogP) is 0.587. The number of nitrogens with zero attached hydrogens (tertiary/aromatic N) is 2. The molecule has 1 rings (SSSR count). The Labute approximate surface area is 116 Å². The van der Waals surface area contributed by atoms with E-state index in [-0.39, 0.29) is 16.4 Å². The van der Waals surface area contributed by atoms with E-state index in [1.807, 2.05) is 6.92 Å². The van der Waals surface area contributed by atoms with E-state index in [0.717, 1.165) is 15.6 Å². The SMILES string of the molecule is CCOCCN(C)S(=O)(=O)c1scnc1C(=O)OC. The minimum absolute atomic E-state index is 0.113. The van der Waals surface area contributed by atoms with Gasteiger partial charge in [0.05, 0.1) is 19.2 Å². The molecule has 1 aromatic rings. The molecule has 0 fully saturated rings. The largest absolute Gasteiger partial charge is 0.464 e. The van der Waals surface area contributed by atoms with Crippen molar-refractivity contribution in [1.29, 1.82) is 0 Å². The van der Waals surface area contributed by atoms with Crippen molar-refractivity contribution in [2.45, 2.75) is 11.1 Å². The van der Waals surface area contributed by atoms with Gasteiger partial charge in [0.2, 0.25) is 0 Å². The van der Waals surface area contributed by atoms with Crippen molar-refractivity contribution >= 4 is 27.3 Å². The van der Waals surface area contributed by atoms with Crippen LogP contribution in [0.5, 0.6) is 0 Å². The molecule has 0 unspecified atom stereocenters. The minimum Gasteiger partial charge on any atom is -0.464 e. The van der Waals surface area contributed by atoms with Crippen LogP contribution < -0.4 is 0 Å². The van der Waals surface area contributed by atoms with Crippen LogP contribution in [0.2, 0.25) is 0 Å². The van der Waals surface area contributed by atoms with Gasteiger partial charge in [-0.05, 0) is 6.92 Å². The number of esters is 1. The highest BCUT2D eigenvalue weighted by molar-refractivity contribution is 7.91. The van der Waals surface area contributed by atoms with Gasteiger partial charge in [0.15, 0.2) is 9.90 Å². The second kappa shape index (κ2) is 6.94. The van der Waals surface area contributed by atoms with Crippen LogP contribution in [0.15, 0.2) is 9.72 Å². The zero-order chi connectivity index (χ0) is 14.5. The lowest BCUT2D eigenvalue weighted by atomic mass is 10.5. The molecule has 0 atom stereocenters. The summed E-state index contributed by atoms with van der Waals surface area (Å²) in [5, 5.41) is 0. The number of ether oxygens (including phenoxy) is 2. The van der Waals surface area contributed by atoms with Crippen molar-refractivity contribution in [2.75, 3.05) is 33.9 Å². The standard InChI is InChI=1S/C10H16N2O5S2/c1-4-17-6-5-12(2)19(14,15)10-8(9(13)16-3)11-7-18-10/h7H,4-6H2,1-3H3. The summed E-state index contributed by atoms with van der Waals surface area (Å²) in [5.41, 5.74) is 1.12. The number of thiazole rings is 1. The zero-order valence-corrected chi connectivity index (χ0v) is 12.6. The van der Waals surface area contributed by atoms with Crippen LogP contribution in [0.1, 0.15) is 17.4 Å². The normalized spacial score (nSPS) is 11.8. The molecule has 0 saturated carbocycles. The summed E-state index contributed by atoms with van der Waals surface area (Å²) in [6, 6.07) is 0. The molecular formula is C10H16N2O5S2. The molecule has 0 spiro atoms. The van der Waals surface area contributed by atoms with Gasteiger partial charge in [-0.3, -0.25) is 0 Å². The summed E-state index contributed by atoms with van der Waals surface area (Å²) in [6.07, 6.45) is 0. The second-order valence-corrected chi connectivity index (χ2v) is 6.60. The van der Waals surface area contributed by atoms with Crippen molar-refractivity contribution in [2.24, 2.45) is 0 Å². The Morgan fingerprint density at radius 3 is 2.79 bits per heavy atom. The maximum absolute atomic E-state index is 12.3. The first-order chi connectivity index (χ1) is 8.95. The van der Waals surface area contributed by atoms with E-state index < -0.39 is 16.0 Å². The summed E-state index contributed by atoms with van der Waals surface area (Å²) >= 11 is 0.885. The highest BCUT2D eigenvalue weighted by Crippen LogP contribution is 2.23. The number of methoxy groups -OCH3 is 1. The Bertz CT molecular complexity index is 526. The highest BCUT2D eigenvalue weighted by Gasteiger charge is 2.29. The van der Waals surface area contributed by atoms with Gasteiger partial charge in [-0.15, -0.1) is 11.3 Å². The summed E-state index contributed by atoms with van der Waals surface area (Å²) < 4.78 is 35.2. The van der Waals surface area contributed by atoms with E-state index in [0.29, 0.717) is 13.2 Å². The molecule has 0 N–H and O–H groups in total. The van der Waals surface area contributed by atoms with Gasteiger partial charge in [-0.1, -0.05) is 0 Å². The Kier molecular flexibility index (Phi) is 5.85. The maximum Gasteiger partial charge on any atom is 0.358 e. The van der Waals surface area contributed by atoms with Gasteiger partial charge >= 0.3 is 5.97 Å². The third-order valence-corrected chi connectivity index (χ3v) is 5.52. The number of likely N-dealkylation sites (N-methyl/N-ethyl adjacent to an activating group) is 1. The summed E-state index contributed by atoms with van der Waals surface area (Å²) in [6.45, 7) is 2.84. The molecule has 0 radical (unpaired) electrons. The zero-order valence-electron chi connectivity index (χ0n) is 11.0. The summed E-state index contributed by atoms with van der Waals surface area (Å²) in [5.74, 6) is -0.766. The van der Waals surface area contributed by atoms with Crippen molar-refractivity contribution in [3.8, 4) is 0 Å². The molecule has 0 bridgehead atoms. The number of hydrogen-bond donors (Lipinski definition) is 0. The second-order valence-electron chi connectivity index (χ2n) is 3.50. The lowest BCUT2D eigenvalue weighted by Gasteiger charge is -2.16. The van der Waals surface area contributed by atoms with Crippen LogP contribution in [0, 0.1) is 0 Å². The number of carbonyl (C=O) groups is 1. The molecule has 1 heterocycles. The van der Waals surface area contributed by atoms with Gasteiger partial charge in [-0.2, -0.15) is 4.31 Å². The number of sulfonamides is 1. The van der Waals surface area contributed by atoms with E-state index in [4.69, 9.17) is 4.74 Å². The molecule has 0 amide bonds. The lowest BCUT2D eigenvalue weighted by Crippen LogP contribution is -2.30. The van der Waals surface area contributed by atoms with Crippen LogP contribution in [0.4, 0.5) is 0 Å². The van der Waals surface area contributed by atoms with Crippen LogP contribution in [0.3, 0.4) is 0 Å². The first-order valence-corrected chi connectivity index (χ1v) is 7.83. The predicted molar refractivity (Wildman–Crippen MR) is 69.8 cm³/mol. The van der Waals surface area contributed by atoms with E-state index in [9.17, 15) is 13.2 Å². The Hall–Kier alpha value is -1.03. The van der Waals surface area contributed by atoms with E-state index in [1.54, 1.807) is 0 Å². The highest BCUT2D eigenvalue weighted by atomic mass is 32.2. The van der Waals surface area contributed by atoms with Crippen molar-refractivity contribution in [3.05, 3.63) is 11.2 Å². The third-order valence-electron chi connectivity index (χ3n) is 2.31. The topological polar surface area (TPSA) is 85.8 Å². The molecule has 0 aromatic carbocycles. The summed E-state index contributed by atoms with van der Waals surface area (Å²) in [7, 11) is -1.15. The molecule has 0 aliphatic heterocycles. The van der Waals surface area contributed by atoms with Gasteiger partial charge in [0.25, 0.3) is 10.0 Å². The van der Waals surface area contributed by atoms with Crippen molar-refractivity contribution < 1.29 is 22.7 Å². The molecule has 0 aliphatic carbocycles.